The molecular weight excluding hydrogens is 926 g/mol. The van der Waals surface area contributed by atoms with Gasteiger partial charge in [-0.2, -0.15) is 5.10 Å². The number of fused-ring (bicyclic) bond motifs is 2. The van der Waals surface area contributed by atoms with E-state index in [0.29, 0.717) is 45.9 Å². The molecule has 4 N–H and O–H groups in total. The van der Waals surface area contributed by atoms with Crippen LogP contribution in [-0.2, 0) is 16.6 Å². The Kier molecular flexibility index (Phi) is 13.4. The van der Waals surface area contributed by atoms with E-state index in [1.165, 1.54) is 36.3 Å². The number of methoxy groups -OCH3 is 1. The molecule has 6 aliphatic rings. The normalized spacial score (nSPS) is 23.9. The van der Waals surface area contributed by atoms with Gasteiger partial charge in [0.25, 0.3) is 0 Å². The van der Waals surface area contributed by atoms with Crippen LogP contribution in [0.5, 0.6) is 11.5 Å². The number of piperidine rings is 2. The first-order valence-corrected chi connectivity index (χ1v) is 25.3. The van der Waals surface area contributed by atoms with Gasteiger partial charge >= 0.3 is 6.03 Å². The summed E-state index contributed by atoms with van der Waals surface area (Å²) in [5.74, 6) is -2.24. The fourth-order valence-corrected chi connectivity index (χ4v) is 12.4. The van der Waals surface area contributed by atoms with Crippen molar-refractivity contribution in [2.24, 2.45) is 24.6 Å². The second-order valence-corrected chi connectivity index (χ2v) is 20.4. The Morgan fingerprint density at radius 2 is 1.71 bits per heavy atom. The Morgan fingerprint density at radius 3 is 2.39 bits per heavy atom. The van der Waals surface area contributed by atoms with Crippen molar-refractivity contribution in [2.75, 3.05) is 57.8 Å². The molecule has 2 aliphatic carbocycles. The molecule has 10 rings (SSSR count). The number of urea groups is 1. The number of aryl methyl sites for hydroxylation is 1. The summed E-state index contributed by atoms with van der Waals surface area (Å²) in [6, 6.07) is 6.73. The van der Waals surface area contributed by atoms with Gasteiger partial charge in [0.2, 0.25) is 17.7 Å². The maximum absolute atomic E-state index is 16.3. The molecule has 1 saturated carbocycles. The number of likely N-dealkylation sites (tertiary alicyclic amines) is 2. The first kappa shape index (κ1) is 49.0. The number of aromatic nitrogens is 2. The number of carbonyl (C=O) groups is 4. The number of ether oxygens (including phenoxy) is 2. The third kappa shape index (κ3) is 8.80. The van der Waals surface area contributed by atoms with Gasteiger partial charge in [0, 0.05) is 97.8 Å². The van der Waals surface area contributed by atoms with Crippen LogP contribution < -0.4 is 30.7 Å². The number of hydrogen-bond donors (Lipinski definition) is 3. The summed E-state index contributed by atoms with van der Waals surface area (Å²) in [4.78, 5) is 57.2. The summed E-state index contributed by atoms with van der Waals surface area (Å²) < 4.78 is 61.6. The Balaban J connectivity index is 0.740. The van der Waals surface area contributed by atoms with Gasteiger partial charge in [-0.15, -0.1) is 0 Å². The molecule has 4 fully saturated rings. The molecule has 378 valence electrons. The van der Waals surface area contributed by atoms with Gasteiger partial charge in [-0.3, -0.25) is 29.3 Å². The number of hydrogen-bond acceptors (Lipinski definition) is 9. The maximum atomic E-state index is 16.3. The molecule has 0 radical (unpaired) electrons. The highest BCUT2D eigenvalue weighted by Crippen LogP contribution is 2.54. The Labute approximate surface area is 416 Å². The summed E-state index contributed by atoms with van der Waals surface area (Å²) in [6.45, 7) is 8.08. The van der Waals surface area contributed by atoms with Gasteiger partial charge in [-0.1, -0.05) is 24.5 Å². The van der Waals surface area contributed by atoms with E-state index in [0.717, 1.165) is 84.1 Å². The van der Waals surface area contributed by atoms with Crippen molar-refractivity contribution in [2.45, 2.75) is 95.1 Å². The number of amides is 5. The van der Waals surface area contributed by atoms with E-state index in [2.05, 4.69) is 32.1 Å². The predicted octanol–water partition coefficient (Wildman–Crippen LogP) is 7.83. The molecule has 2 atom stereocenters. The summed E-state index contributed by atoms with van der Waals surface area (Å²) in [5.41, 5.74) is 13.6. The van der Waals surface area contributed by atoms with Gasteiger partial charge in [0.05, 0.1) is 18.2 Å². The molecule has 5 heterocycles. The number of carbonyl (C=O) groups excluding carboxylic acids is 4. The van der Waals surface area contributed by atoms with E-state index in [4.69, 9.17) is 15.2 Å². The topological polar surface area (TPSA) is 164 Å². The average molecular weight is 987 g/mol. The Morgan fingerprint density at radius 1 is 0.958 bits per heavy atom. The smallest absolute Gasteiger partial charge is 0.329 e. The molecule has 4 aliphatic heterocycles. The third-order valence-corrected chi connectivity index (χ3v) is 16.3. The molecule has 14 nitrogen and oxygen atoms in total. The van der Waals surface area contributed by atoms with E-state index in [-0.39, 0.29) is 82.2 Å². The van der Waals surface area contributed by atoms with Crippen molar-refractivity contribution in [1.82, 2.24) is 30.2 Å². The van der Waals surface area contributed by atoms with Crippen LogP contribution in [0.2, 0.25) is 0 Å². The molecule has 72 heavy (non-hydrogen) atoms. The van der Waals surface area contributed by atoms with Crippen LogP contribution in [0.3, 0.4) is 0 Å². The van der Waals surface area contributed by atoms with Gasteiger partial charge in [-0.25, -0.2) is 18.0 Å². The summed E-state index contributed by atoms with van der Waals surface area (Å²) >= 11 is 0. The summed E-state index contributed by atoms with van der Waals surface area (Å²) in [5, 5.41) is 11.4. The molecule has 0 spiro atoms. The number of nitrogens with one attached hydrogen (secondary N) is 2. The Bertz CT molecular complexity index is 3010. The lowest BCUT2D eigenvalue weighted by atomic mass is 9.75. The molecule has 1 aromatic heterocycles. The molecule has 3 aromatic carbocycles. The van der Waals surface area contributed by atoms with Crippen molar-refractivity contribution in [3.8, 4) is 22.6 Å². The molecule has 4 aromatic rings. The number of nitrogens with two attached hydrogens (primary N) is 1. The van der Waals surface area contributed by atoms with Crippen molar-refractivity contribution < 1.29 is 41.8 Å². The molecule has 17 heteroatoms. The van der Waals surface area contributed by atoms with Crippen LogP contribution >= 0.6 is 0 Å². The minimum atomic E-state index is -1.11. The van der Waals surface area contributed by atoms with Crippen molar-refractivity contribution >= 4 is 40.5 Å². The largest absolute Gasteiger partial charge is 0.494 e. The summed E-state index contributed by atoms with van der Waals surface area (Å²) in [7, 11) is 3.09. The van der Waals surface area contributed by atoms with Gasteiger partial charge < -0.3 is 30.3 Å². The van der Waals surface area contributed by atoms with Crippen molar-refractivity contribution in [3.05, 3.63) is 105 Å². The van der Waals surface area contributed by atoms with Crippen LogP contribution in [0.25, 0.3) is 22.0 Å². The fourth-order valence-electron chi connectivity index (χ4n) is 12.4. The van der Waals surface area contributed by atoms with E-state index in [9.17, 15) is 19.2 Å². The molecule has 0 bridgehead atoms. The minimum absolute atomic E-state index is 0.00552. The highest BCUT2D eigenvalue weighted by atomic mass is 19.1. The number of primary amides is 1. The maximum Gasteiger partial charge on any atom is 0.329 e. The SMILES string of the molecule is COc1ccc(C(N)=O)c(-c2c(C)c(F)cc3c2C(C)C(CNC2CCC(C(=O)N4CCC(CN5CCC(c6c(F)ccc7c(N8CCC(=O)NC8=O)nn(C)c67)CC5)CC4)CC2)(C2=C=C=CC=C2)O3)c1F. The van der Waals surface area contributed by atoms with Crippen molar-refractivity contribution in [1.29, 1.82) is 0 Å². The predicted molar refractivity (Wildman–Crippen MR) is 265 cm³/mol. The third-order valence-electron chi connectivity index (χ3n) is 16.3. The zero-order valence-electron chi connectivity index (χ0n) is 41.2. The first-order valence-electron chi connectivity index (χ1n) is 25.3. The highest BCUT2D eigenvalue weighted by molar-refractivity contribution is 6.09. The van der Waals surface area contributed by atoms with E-state index >= 15 is 13.2 Å². The monoisotopic (exact) mass is 986 g/mol. The molecule has 2 unspecified atom stereocenters. The summed E-state index contributed by atoms with van der Waals surface area (Å²) in [6.07, 6.45) is 12.1. The standard InChI is InChI=1S/C55H61F3N8O6/c1-31-41(57)28-43-46(45(31)48-38(51(59)68)15-17-42(71-4)49(48)58)32(2)55(72-43,36-8-6-5-7-9-36)30-60-37-12-10-35(11-13-37)53(69)65-25-18-33(19-26-65)29-64-23-20-34(21-24-64)47-40(56)16-14-39-50(47)63(3)62-52(39)66-27-22-44(67)61-54(66)70/h5-6,8,14-17,28,32-35,37,60H,10-13,18-27,29-30H2,1-4H3,(H2,59,68)(H,61,67,70). The second kappa shape index (κ2) is 19.8. The van der Waals surface area contributed by atoms with Crippen LogP contribution in [0, 0.1) is 36.2 Å². The lowest BCUT2D eigenvalue weighted by molar-refractivity contribution is -0.138. The van der Waals surface area contributed by atoms with E-state index in [1.54, 1.807) is 30.8 Å². The number of benzene rings is 3. The van der Waals surface area contributed by atoms with E-state index in [1.807, 2.05) is 24.0 Å². The highest BCUT2D eigenvalue weighted by Gasteiger charge is 2.51. The lowest BCUT2D eigenvalue weighted by Crippen LogP contribution is -2.51. The molecule has 3 saturated heterocycles. The number of nitrogens with zero attached hydrogens (tertiary/aromatic N) is 5. The van der Waals surface area contributed by atoms with Gasteiger partial charge in [0.1, 0.15) is 17.4 Å². The fraction of sp³-hybridized carbons (Fsp3) is 0.473. The van der Waals surface area contributed by atoms with Crippen LogP contribution in [0.1, 0.15) is 104 Å². The van der Waals surface area contributed by atoms with Crippen LogP contribution in [-0.4, -0.2) is 108 Å². The van der Waals surface area contributed by atoms with Crippen LogP contribution in [0.15, 0.2) is 65.6 Å². The zero-order chi connectivity index (χ0) is 50.6. The Hall–Kier alpha value is -6.64. The molecular formula is C55H61F3N8O6. The van der Waals surface area contributed by atoms with E-state index < -0.39 is 35.1 Å². The zero-order valence-corrected chi connectivity index (χ0v) is 41.2. The first-order chi connectivity index (χ1) is 34.7. The van der Waals surface area contributed by atoms with Gasteiger partial charge in [-0.05, 0) is 131 Å². The number of imide groups is 1. The average Bonchev–Trinajstić information content (AvgIpc) is 3.86. The lowest BCUT2D eigenvalue weighted by Gasteiger charge is -2.40. The second-order valence-electron chi connectivity index (χ2n) is 20.4. The number of allylic oxidation sites excluding steroid dienone is 2. The van der Waals surface area contributed by atoms with Crippen LogP contribution in [0.4, 0.5) is 23.8 Å². The number of rotatable bonds is 12. The molecule has 5 amide bonds. The number of anilines is 1. The van der Waals surface area contributed by atoms with Crippen molar-refractivity contribution in [3.63, 3.8) is 0 Å². The minimum Gasteiger partial charge on any atom is -0.494 e. The quantitative estimate of drug-likeness (QED) is 0.120. The van der Waals surface area contributed by atoms with Gasteiger partial charge in [0.15, 0.2) is 23.0 Å². The number of halogens is 3.